The third-order valence-corrected chi connectivity index (χ3v) is 8.76. The van der Waals surface area contributed by atoms with Gasteiger partial charge in [-0.1, -0.05) is 18.2 Å². The Labute approximate surface area is 319 Å². The van der Waals surface area contributed by atoms with Crippen LogP contribution in [0.3, 0.4) is 0 Å². The zero-order valence-electron chi connectivity index (χ0n) is 32.1. The lowest BCUT2D eigenvalue weighted by atomic mass is 9.75. The Hall–Kier alpha value is -5.25. The SMILES string of the molecule is COc1cc(/C=C/COC(C)=O)ccc1O[C@@H](COC(C)=O)[C@@H]1O[C@@H](C2=C[C@@H](OC)[C@H](OC(C)=O)C=C2)[C@H](COC(C)=O)C2=C[C@H](OC)[C@@H](OC(C)=O)C=C21. The van der Waals surface area contributed by atoms with Crippen molar-refractivity contribution in [3.8, 4) is 11.5 Å². The average molecular weight is 769 g/mol. The molecule has 15 nitrogen and oxygen atoms in total. The molecule has 8 atom stereocenters. The molecule has 2 aliphatic carbocycles. The van der Waals surface area contributed by atoms with Gasteiger partial charge in [-0.3, -0.25) is 24.0 Å². The number of fused-ring (bicyclic) bond motifs is 1. The lowest BCUT2D eigenvalue weighted by Gasteiger charge is -2.46. The number of benzene rings is 1. The van der Waals surface area contributed by atoms with Crippen molar-refractivity contribution in [1.82, 2.24) is 0 Å². The van der Waals surface area contributed by atoms with Gasteiger partial charge in [0.25, 0.3) is 0 Å². The van der Waals surface area contributed by atoms with Crippen LogP contribution in [0.5, 0.6) is 11.5 Å². The molecule has 298 valence electrons. The second kappa shape index (κ2) is 19.9. The van der Waals surface area contributed by atoms with Crippen LogP contribution < -0.4 is 9.47 Å². The average Bonchev–Trinajstić information content (AvgIpc) is 3.13. The first-order valence-corrected chi connectivity index (χ1v) is 17.5. The minimum atomic E-state index is -1.03. The first-order chi connectivity index (χ1) is 26.2. The Morgan fingerprint density at radius 1 is 0.727 bits per heavy atom. The molecule has 0 amide bonds. The van der Waals surface area contributed by atoms with E-state index in [1.54, 1.807) is 60.7 Å². The van der Waals surface area contributed by atoms with Gasteiger partial charge in [-0.15, -0.1) is 0 Å². The number of hydrogen-bond acceptors (Lipinski definition) is 15. The lowest BCUT2D eigenvalue weighted by Crippen LogP contribution is -2.52. The maximum absolute atomic E-state index is 12.2. The van der Waals surface area contributed by atoms with Gasteiger partial charge in [-0.05, 0) is 64.8 Å². The van der Waals surface area contributed by atoms with Crippen molar-refractivity contribution in [2.75, 3.05) is 41.2 Å². The molecule has 4 rings (SSSR count). The topological polar surface area (TPSA) is 178 Å². The summed E-state index contributed by atoms with van der Waals surface area (Å²) in [6.07, 6.45) is 6.24. The molecule has 0 N–H and O–H groups in total. The highest BCUT2D eigenvalue weighted by molar-refractivity contribution is 5.68. The maximum atomic E-state index is 12.2. The Morgan fingerprint density at radius 3 is 1.98 bits per heavy atom. The molecule has 1 aromatic carbocycles. The van der Waals surface area contributed by atoms with Crippen LogP contribution in [0, 0.1) is 5.92 Å². The number of carbonyl (C=O) groups excluding carboxylic acids is 5. The van der Waals surface area contributed by atoms with Gasteiger partial charge in [0.2, 0.25) is 0 Å². The molecule has 0 saturated carbocycles. The number of hydrogen-bond donors (Lipinski definition) is 0. The normalized spacial score (nSPS) is 24.9. The monoisotopic (exact) mass is 768 g/mol. The summed E-state index contributed by atoms with van der Waals surface area (Å²) >= 11 is 0. The van der Waals surface area contributed by atoms with Crippen LogP contribution in [-0.4, -0.2) is 114 Å². The molecule has 1 heterocycles. The smallest absolute Gasteiger partial charge is 0.303 e. The highest BCUT2D eigenvalue weighted by atomic mass is 16.6. The van der Waals surface area contributed by atoms with Gasteiger partial charge < -0.3 is 47.4 Å². The Morgan fingerprint density at radius 2 is 1.36 bits per heavy atom. The first kappa shape index (κ1) is 42.5. The van der Waals surface area contributed by atoms with E-state index in [9.17, 15) is 24.0 Å². The summed E-state index contributed by atoms with van der Waals surface area (Å²) in [5, 5.41) is 0. The van der Waals surface area contributed by atoms with Crippen molar-refractivity contribution >= 4 is 35.9 Å². The first-order valence-electron chi connectivity index (χ1n) is 17.5. The van der Waals surface area contributed by atoms with Crippen LogP contribution >= 0.6 is 0 Å². The molecular weight excluding hydrogens is 720 g/mol. The minimum absolute atomic E-state index is 0.0867. The summed E-state index contributed by atoms with van der Waals surface area (Å²) in [5.41, 5.74) is 2.51. The summed E-state index contributed by atoms with van der Waals surface area (Å²) < 4.78 is 57.9. The standard InChI is InChI=1S/C40H48O15/c1-22(41)49-15-9-10-27-11-13-33(34(16-27)46-6)54-38(21-51-24(3)43)40-30-19-37(53-26(5)45)36(48-8)18-29(30)31(20-50-23(2)42)39(55-40)28-12-14-32(52-25(4)44)35(17-28)47-7/h9-14,16-19,31-32,35-40H,15,20-21H2,1-8H3/b10-9+/t31-,32-,35-,36+,37+,38+,39+,40-/m1/s1. The van der Waals surface area contributed by atoms with Crippen LogP contribution in [0.25, 0.3) is 6.08 Å². The van der Waals surface area contributed by atoms with Crippen molar-refractivity contribution in [2.24, 2.45) is 5.92 Å². The van der Waals surface area contributed by atoms with Crippen LogP contribution in [0.15, 0.2) is 71.4 Å². The van der Waals surface area contributed by atoms with Crippen molar-refractivity contribution in [2.45, 2.75) is 77.3 Å². The fourth-order valence-electron chi connectivity index (χ4n) is 6.43. The summed E-state index contributed by atoms with van der Waals surface area (Å²) in [6, 6.07) is 5.15. The third-order valence-electron chi connectivity index (χ3n) is 8.76. The Bertz CT molecular complexity index is 1740. The summed E-state index contributed by atoms with van der Waals surface area (Å²) in [7, 11) is 4.43. The van der Waals surface area contributed by atoms with E-state index in [0.717, 1.165) is 5.56 Å². The van der Waals surface area contributed by atoms with Gasteiger partial charge in [-0.25, -0.2) is 0 Å². The number of methoxy groups -OCH3 is 3. The third kappa shape index (κ3) is 11.6. The fraction of sp³-hybridized carbons (Fsp3) is 0.475. The van der Waals surface area contributed by atoms with Gasteiger partial charge in [0.1, 0.15) is 44.2 Å². The minimum Gasteiger partial charge on any atom is -0.493 e. The molecule has 0 aromatic heterocycles. The molecule has 55 heavy (non-hydrogen) atoms. The molecule has 1 aromatic rings. The molecule has 0 bridgehead atoms. The highest BCUT2D eigenvalue weighted by Gasteiger charge is 2.48. The maximum Gasteiger partial charge on any atom is 0.303 e. The van der Waals surface area contributed by atoms with E-state index >= 15 is 0 Å². The predicted octanol–water partition coefficient (Wildman–Crippen LogP) is 3.78. The molecule has 1 aliphatic heterocycles. The van der Waals surface area contributed by atoms with E-state index in [1.165, 1.54) is 55.9 Å². The van der Waals surface area contributed by atoms with E-state index in [0.29, 0.717) is 22.5 Å². The number of carbonyl (C=O) groups is 5. The Kier molecular flexibility index (Phi) is 15.4. The fourth-order valence-corrected chi connectivity index (χ4v) is 6.43. The molecule has 0 spiro atoms. The molecule has 1 saturated heterocycles. The van der Waals surface area contributed by atoms with Gasteiger partial charge in [0.15, 0.2) is 23.7 Å². The van der Waals surface area contributed by atoms with Gasteiger partial charge in [-0.2, -0.15) is 0 Å². The van der Waals surface area contributed by atoms with Gasteiger partial charge in [0, 0.05) is 54.8 Å². The second-order valence-electron chi connectivity index (χ2n) is 12.8. The summed E-state index contributed by atoms with van der Waals surface area (Å²) in [4.78, 5) is 59.7. The van der Waals surface area contributed by atoms with Gasteiger partial charge in [0.05, 0.1) is 13.2 Å². The predicted molar refractivity (Wildman–Crippen MR) is 195 cm³/mol. The van der Waals surface area contributed by atoms with E-state index < -0.39 is 78.5 Å². The van der Waals surface area contributed by atoms with E-state index in [4.69, 9.17) is 47.4 Å². The number of rotatable bonds is 16. The van der Waals surface area contributed by atoms with Gasteiger partial charge >= 0.3 is 29.8 Å². The van der Waals surface area contributed by atoms with Crippen molar-refractivity contribution in [1.29, 1.82) is 0 Å². The van der Waals surface area contributed by atoms with Crippen LogP contribution in [0.2, 0.25) is 0 Å². The molecular formula is C40H48O15. The van der Waals surface area contributed by atoms with Crippen LogP contribution in [0.1, 0.15) is 40.2 Å². The quantitative estimate of drug-likeness (QED) is 0.175. The molecule has 0 unspecified atom stereocenters. The molecule has 3 aliphatic rings. The number of ether oxygens (including phenoxy) is 10. The summed E-state index contributed by atoms with van der Waals surface area (Å²) in [5.74, 6) is -2.54. The highest BCUT2D eigenvalue weighted by Crippen LogP contribution is 2.44. The molecule has 1 fully saturated rings. The lowest BCUT2D eigenvalue weighted by molar-refractivity contribution is -0.152. The van der Waals surface area contributed by atoms with Crippen molar-refractivity contribution < 1.29 is 71.3 Å². The summed E-state index contributed by atoms with van der Waals surface area (Å²) in [6.45, 7) is 6.16. The number of esters is 5. The zero-order chi connectivity index (χ0) is 40.2. The van der Waals surface area contributed by atoms with E-state index in [2.05, 4.69) is 0 Å². The zero-order valence-corrected chi connectivity index (χ0v) is 32.1. The van der Waals surface area contributed by atoms with Crippen molar-refractivity contribution in [3.05, 3.63) is 76.9 Å². The van der Waals surface area contributed by atoms with Crippen molar-refractivity contribution in [3.63, 3.8) is 0 Å². The Balaban J connectivity index is 1.85. The largest absolute Gasteiger partial charge is 0.493 e. The van der Waals surface area contributed by atoms with Crippen LogP contribution in [0.4, 0.5) is 0 Å². The second-order valence-corrected chi connectivity index (χ2v) is 12.8. The van der Waals surface area contributed by atoms with E-state index in [-0.39, 0.29) is 25.6 Å². The van der Waals surface area contributed by atoms with Crippen LogP contribution in [-0.2, 0) is 61.9 Å². The molecule has 0 radical (unpaired) electrons. The molecule has 15 heteroatoms. The van der Waals surface area contributed by atoms with E-state index in [1.807, 2.05) is 0 Å².